The largest absolute Gasteiger partial charge is 0.354 e. The molecule has 1 N–H and O–H groups in total. The zero-order chi connectivity index (χ0) is 14.0. The zero-order valence-corrected chi connectivity index (χ0v) is 12.3. The molecule has 98 valence electrons. The molecule has 2 aromatic carbocycles. The maximum Gasteiger partial charge on any atom is 0.274 e. The van der Waals surface area contributed by atoms with E-state index in [-0.39, 0.29) is 11.4 Å². The van der Waals surface area contributed by atoms with Crippen LogP contribution in [0.4, 0.5) is 21.5 Å². The smallest absolute Gasteiger partial charge is 0.274 e. The molecule has 0 atom stereocenters. The van der Waals surface area contributed by atoms with Gasteiger partial charge in [-0.3, -0.25) is 10.1 Å². The number of nitrogens with one attached hydrogen (secondary N) is 1. The average Bonchev–Trinajstić information content (AvgIpc) is 2.32. The summed E-state index contributed by atoms with van der Waals surface area (Å²) in [5, 5.41) is 14.0. The highest BCUT2D eigenvalue weighted by Gasteiger charge is 2.10. The van der Waals surface area contributed by atoms with Gasteiger partial charge in [-0.1, -0.05) is 11.6 Å². The predicted octanol–water partition coefficient (Wildman–Crippen LogP) is 4.74. The van der Waals surface area contributed by atoms with Gasteiger partial charge in [0, 0.05) is 15.3 Å². The average molecular weight is 393 g/mol. The molecule has 0 unspecified atom stereocenters. The number of rotatable bonds is 3. The molecule has 0 radical (unpaired) electrons. The Bertz CT molecular complexity index is 652. The van der Waals surface area contributed by atoms with Crippen molar-refractivity contribution < 1.29 is 9.31 Å². The second-order valence-corrected chi connectivity index (χ2v) is 5.36. The maximum absolute atomic E-state index is 13.3. The molecule has 0 spiro atoms. The molecule has 0 aliphatic heterocycles. The zero-order valence-electron chi connectivity index (χ0n) is 9.36. The molecular weight excluding hydrogens is 385 g/mol. The SMILES string of the molecule is O=[N+]([O-])c1cc(F)cc(Nc2ccc(I)cc2Cl)c1. The molecule has 0 heterocycles. The Morgan fingerprint density at radius 3 is 2.63 bits per heavy atom. The number of hydrogen-bond donors (Lipinski definition) is 1. The van der Waals surface area contributed by atoms with Crippen LogP contribution < -0.4 is 5.32 Å². The number of nitro benzene ring substituents is 1. The van der Waals surface area contributed by atoms with E-state index < -0.39 is 10.7 Å². The lowest BCUT2D eigenvalue weighted by Crippen LogP contribution is -1.95. The summed E-state index contributed by atoms with van der Waals surface area (Å²) in [5.74, 6) is -0.682. The fraction of sp³-hybridized carbons (Fsp3) is 0. The summed E-state index contributed by atoms with van der Waals surface area (Å²) >= 11 is 8.14. The summed E-state index contributed by atoms with van der Waals surface area (Å²) < 4.78 is 14.2. The van der Waals surface area contributed by atoms with Crippen LogP contribution in [0.5, 0.6) is 0 Å². The predicted molar refractivity (Wildman–Crippen MR) is 80.5 cm³/mol. The third kappa shape index (κ3) is 3.54. The fourth-order valence-electron chi connectivity index (χ4n) is 1.50. The summed E-state index contributed by atoms with van der Waals surface area (Å²) in [6, 6.07) is 8.56. The van der Waals surface area contributed by atoms with Gasteiger partial charge in [-0.05, 0) is 46.9 Å². The highest BCUT2D eigenvalue weighted by atomic mass is 127. The first-order valence-corrected chi connectivity index (χ1v) is 6.58. The van der Waals surface area contributed by atoms with Gasteiger partial charge in [0.1, 0.15) is 5.82 Å². The quantitative estimate of drug-likeness (QED) is 0.466. The topological polar surface area (TPSA) is 55.2 Å². The lowest BCUT2D eigenvalue weighted by Gasteiger charge is -2.08. The van der Waals surface area contributed by atoms with Crippen molar-refractivity contribution in [3.63, 3.8) is 0 Å². The van der Waals surface area contributed by atoms with Crippen LogP contribution in [0.15, 0.2) is 36.4 Å². The molecule has 0 saturated heterocycles. The van der Waals surface area contributed by atoms with Crippen molar-refractivity contribution in [1.82, 2.24) is 0 Å². The monoisotopic (exact) mass is 392 g/mol. The van der Waals surface area contributed by atoms with E-state index in [2.05, 4.69) is 27.9 Å². The van der Waals surface area contributed by atoms with Crippen LogP contribution in [0.1, 0.15) is 0 Å². The summed E-state index contributed by atoms with van der Waals surface area (Å²) in [6.45, 7) is 0. The minimum Gasteiger partial charge on any atom is -0.354 e. The van der Waals surface area contributed by atoms with Crippen LogP contribution in [0.25, 0.3) is 0 Å². The van der Waals surface area contributed by atoms with E-state index in [1.807, 2.05) is 6.07 Å². The van der Waals surface area contributed by atoms with Crippen LogP contribution >= 0.6 is 34.2 Å². The molecule has 0 aliphatic rings. The Kier molecular flexibility index (Phi) is 4.20. The van der Waals surface area contributed by atoms with Gasteiger partial charge in [0.05, 0.1) is 21.7 Å². The summed E-state index contributed by atoms with van der Waals surface area (Å²) in [7, 11) is 0. The van der Waals surface area contributed by atoms with E-state index in [1.165, 1.54) is 12.1 Å². The third-order valence-electron chi connectivity index (χ3n) is 2.30. The lowest BCUT2D eigenvalue weighted by molar-refractivity contribution is -0.385. The first-order chi connectivity index (χ1) is 8.95. The van der Waals surface area contributed by atoms with Crippen molar-refractivity contribution in [3.05, 3.63) is 60.9 Å². The third-order valence-corrected chi connectivity index (χ3v) is 3.29. The Labute approximate surface area is 126 Å². The van der Waals surface area contributed by atoms with Crippen molar-refractivity contribution >= 4 is 51.3 Å². The molecule has 2 aromatic rings. The van der Waals surface area contributed by atoms with E-state index in [1.54, 1.807) is 12.1 Å². The second-order valence-electron chi connectivity index (χ2n) is 3.70. The Morgan fingerprint density at radius 2 is 2.00 bits per heavy atom. The van der Waals surface area contributed by atoms with E-state index in [0.29, 0.717) is 10.7 Å². The van der Waals surface area contributed by atoms with Gasteiger partial charge in [0.15, 0.2) is 0 Å². The highest BCUT2D eigenvalue weighted by Crippen LogP contribution is 2.29. The molecule has 2 rings (SSSR count). The molecule has 0 aliphatic carbocycles. The Morgan fingerprint density at radius 1 is 1.26 bits per heavy atom. The van der Waals surface area contributed by atoms with Crippen LogP contribution in [-0.2, 0) is 0 Å². The van der Waals surface area contributed by atoms with E-state index in [4.69, 9.17) is 11.6 Å². The number of anilines is 2. The number of non-ortho nitro benzene ring substituents is 1. The standard InChI is InChI=1S/C12H7ClFIN2O2/c13-11-5-8(15)1-2-12(11)16-9-3-7(14)4-10(6-9)17(18)19/h1-6,16H. The van der Waals surface area contributed by atoms with E-state index in [9.17, 15) is 14.5 Å². The number of nitrogens with zero attached hydrogens (tertiary/aromatic N) is 1. The van der Waals surface area contributed by atoms with Crippen molar-refractivity contribution in [2.24, 2.45) is 0 Å². The van der Waals surface area contributed by atoms with Gasteiger partial charge in [-0.2, -0.15) is 0 Å². The molecule has 0 saturated carbocycles. The van der Waals surface area contributed by atoms with Gasteiger partial charge in [0.25, 0.3) is 5.69 Å². The summed E-state index contributed by atoms with van der Waals surface area (Å²) in [4.78, 5) is 10.0. The first kappa shape index (κ1) is 14.0. The molecule has 19 heavy (non-hydrogen) atoms. The molecular formula is C12H7ClFIN2O2. The molecule has 0 fully saturated rings. The maximum atomic E-state index is 13.3. The van der Waals surface area contributed by atoms with Gasteiger partial charge in [-0.15, -0.1) is 0 Å². The van der Waals surface area contributed by atoms with Crippen molar-refractivity contribution in [2.75, 3.05) is 5.32 Å². The molecule has 7 heteroatoms. The first-order valence-electron chi connectivity index (χ1n) is 5.13. The van der Waals surface area contributed by atoms with Gasteiger partial charge in [0.2, 0.25) is 0 Å². The normalized spacial score (nSPS) is 10.3. The van der Waals surface area contributed by atoms with Gasteiger partial charge in [-0.25, -0.2) is 4.39 Å². The van der Waals surface area contributed by atoms with Crippen LogP contribution in [0.2, 0.25) is 5.02 Å². The van der Waals surface area contributed by atoms with Crippen LogP contribution in [0.3, 0.4) is 0 Å². The number of halogens is 3. The molecule has 0 amide bonds. The lowest BCUT2D eigenvalue weighted by atomic mass is 10.2. The van der Waals surface area contributed by atoms with E-state index in [0.717, 1.165) is 9.64 Å². The minimum absolute atomic E-state index is 0.273. The minimum atomic E-state index is -0.682. The number of nitro groups is 1. The summed E-state index contributed by atoms with van der Waals surface area (Å²) in [6.07, 6.45) is 0. The van der Waals surface area contributed by atoms with Crippen molar-refractivity contribution in [1.29, 1.82) is 0 Å². The summed E-state index contributed by atoms with van der Waals surface area (Å²) in [5.41, 5.74) is 0.515. The number of hydrogen-bond acceptors (Lipinski definition) is 3. The van der Waals surface area contributed by atoms with Crippen molar-refractivity contribution in [3.8, 4) is 0 Å². The molecule has 4 nitrogen and oxygen atoms in total. The number of benzene rings is 2. The van der Waals surface area contributed by atoms with E-state index >= 15 is 0 Å². The fourth-order valence-corrected chi connectivity index (χ4v) is 2.40. The Balaban J connectivity index is 2.35. The van der Waals surface area contributed by atoms with Crippen LogP contribution in [0, 0.1) is 19.5 Å². The van der Waals surface area contributed by atoms with Gasteiger partial charge < -0.3 is 5.32 Å². The highest BCUT2D eigenvalue weighted by molar-refractivity contribution is 14.1. The van der Waals surface area contributed by atoms with Crippen molar-refractivity contribution in [2.45, 2.75) is 0 Å². The van der Waals surface area contributed by atoms with Crippen LogP contribution in [-0.4, -0.2) is 4.92 Å². The Hall–Kier alpha value is -1.41. The molecule has 0 bridgehead atoms. The molecule has 0 aromatic heterocycles. The van der Waals surface area contributed by atoms with Gasteiger partial charge >= 0.3 is 0 Å². The second kappa shape index (κ2) is 5.70.